The molecule has 1 heterocycles. The first-order valence-corrected chi connectivity index (χ1v) is 7.09. The number of anilines is 1. The van der Waals surface area contributed by atoms with Gasteiger partial charge in [0, 0.05) is 5.56 Å². The van der Waals surface area contributed by atoms with Crippen molar-refractivity contribution in [3.8, 4) is 16.2 Å². The lowest BCUT2D eigenvalue weighted by molar-refractivity contribution is -0.139. The van der Waals surface area contributed by atoms with Crippen molar-refractivity contribution in [3.05, 3.63) is 33.9 Å². The second-order valence-corrected chi connectivity index (χ2v) is 5.63. The number of aliphatic hydroxyl groups excluding tert-OH is 1. The van der Waals surface area contributed by atoms with Gasteiger partial charge < -0.3 is 25.8 Å². The molecule has 5 N–H and O–H groups in total. The summed E-state index contributed by atoms with van der Waals surface area (Å²) in [6.45, 7) is -0.727. The topological polar surface area (TPSA) is 113 Å². The summed E-state index contributed by atoms with van der Waals surface area (Å²) >= 11 is 6.86. The van der Waals surface area contributed by atoms with E-state index in [1.807, 2.05) is 0 Å². The molecule has 0 spiro atoms. The van der Waals surface area contributed by atoms with Crippen molar-refractivity contribution >= 4 is 34.6 Å². The molecular weight excluding hydrogens is 337 g/mol. The number of halogens is 2. The molecule has 22 heavy (non-hydrogen) atoms. The highest BCUT2D eigenvalue weighted by atomic mass is 35.5. The lowest BCUT2D eigenvalue weighted by Gasteiger charge is -2.06. The number of hydrogen-bond acceptors (Lipinski definition) is 6. The Kier molecular flexibility index (Phi) is 4.87. The molecule has 0 aliphatic heterocycles. The zero-order valence-corrected chi connectivity index (χ0v) is 12.5. The Hall–Kier alpha value is -1.87. The van der Waals surface area contributed by atoms with Gasteiger partial charge in [0.15, 0.2) is 24.5 Å². The van der Waals surface area contributed by atoms with Crippen molar-refractivity contribution in [2.24, 2.45) is 0 Å². The van der Waals surface area contributed by atoms with Crippen LogP contribution in [0, 0.1) is 5.82 Å². The Balaban J connectivity index is 2.56. The summed E-state index contributed by atoms with van der Waals surface area (Å²) in [6, 6.07) is 4.29. The Morgan fingerprint density at radius 2 is 2.14 bits per heavy atom. The molecule has 0 fully saturated rings. The van der Waals surface area contributed by atoms with Crippen LogP contribution in [0.4, 0.5) is 10.1 Å². The van der Waals surface area contributed by atoms with E-state index in [0.717, 1.165) is 11.3 Å². The number of ether oxygens (including phenoxy) is 1. The van der Waals surface area contributed by atoms with Gasteiger partial charge in [-0.15, -0.1) is 11.3 Å². The molecule has 1 aromatic heterocycles. The quantitative estimate of drug-likeness (QED) is 0.487. The molecule has 0 saturated heterocycles. The summed E-state index contributed by atoms with van der Waals surface area (Å²) in [5.74, 6) is -2.19. The SMILES string of the molecule is Nc1cccc(-c2sc(C(O)O)c(OCC(=O)O)c2Cl)c1F. The van der Waals surface area contributed by atoms with Crippen molar-refractivity contribution in [2.45, 2.75) is 6.29 Å². The Labute approximate surface area is 133 Å². The number of rotatable bonds is 5. The first-order valence-electron chi connectivity index (χ1n) is 5.90. The Bertz CT molecular complexity index is 719. The molecule has 118 valence electrons. The fraction of sp³-hybridized carbons (Fsp3) is 0.154. The average Bonchev–Trinajstić information content (AvgIpc) is 2.77. The molecule has 0 aliphatic rings. The molecule has 0 amide bonds. The molecule has 0 aliphatic carbocycles. The molecular formula is C13H11ClFNO5S. The van der Waals surface area contributed by atoms with Gasteiger partial charge in [-0.2, -0.15) is 0 Å². The minimum absolute atomic E-state index is 0.0575. The molecule has 0 unspecified atom stereocenters. The summed E-state index contributed by atoms with van der Waals surface area (Å²) in [4.78, 5) is 10.6. The maximum absolute atomic E-state index is 14.1. The van der Waals surface area contributed by atoms with Gasteiger partial charge in [-0.3, -0.25) is 0 Å². The number of nitrogens with two attached hydrogens (primary N) is 1. The highest BCUT2D eigenvalue weighted by molar-refractivity contribution is 7.16. The summed E-state index contributed by atoms with van der Waals surface area (Å²) < 4.78 is 19.1. The van der Waals surface area contributed by atoms with Gasteiger partial charge in [-0.25, -0.2) is 9.18 Å². The maximum atomic E-state index is 14.1. The number of aliphatic carboxylic acids is 1. The standard InChI is InChI=1S/C13H11ClFNO5S/c14-8-10(21-4-7(17)18)12(13(19)20)22-11(8)5-2-1-3-6(16)9(5)15/h1-3,13,19-20H,4,16H2,(H,17,18). The first kappa shape index (κ1) is 16.5. The normalized spacial score (nSPS) is 11.0. The first-order chi connectivity index (χ1) is 10.3. The molecule has 0 radical (unpaired) electrons. The maximum Gasteiger partial charge on any atom is 0.341 e. The summed E-state index contributed by atoms with van der Waals surface area (Å²) in [7, 11) is 0. The van der Waals surface area contributed by atoms with Crippen LogP contribution in [0.1, 0.15) is 11.2 Å². The van der Waals surface area contributed by atoms with E-state index in [1.54, 1.807) is 0 Å². The van der Waals surface area contributed by atoms with Gasteiger partial charge in [-0.05, 0) is 6.07 Å². The number of carboxylic acids is 1. The Morgan fingerprint density at radius 3 is 2.73 bits per heavy atom. The predicted octanol–water partition coefficient (Wildman–Crippen LogP) is 2.24. The molecule has 0 saturated carbocycles. The van der Waals surface area contributed by atoms with E-state index in [-0.39, 0.29) is 31.8 Å². The van der Waals surface area contributed by atoms with Crippen LogP contribution in [0.25, 0.3) is 10.4 Å². The van der Waals surface area contributed by atoms with Crippen molar-refractivity contribution < 1.29 is 29.2 Å². The van der Waals surface area contributed by atoms with E-state index in [4.69, 9.17) is 27.2 Å². The third kappa shape index (κ3) is 3.14. The summed E-state index contributed by atoms with van der Waals surface area (Å²) in [6.07, 6.45) is -1.94. The van der Waals surface area contributed by atoms with Crippen molar-refractivity contribution in [1.82, 2.24) is 0 Å². The largest absolute Gasteiger partial charge is 0.479 e. The fourth-order valence-electron chi connectivity index (χ4n) is 1.75. The molecule has 0 bridgehead atoms. The Morgan fingerprint density at radius 1 is 1.45 bits per heavy atom. The zero-order valence-electron chi connectivity index (χ0n) is 10.9. The minimum atomic E-state index is -1.94. The van der Waals surface area contributed by atoms with E-state index < -0.39 is 24.7 Å². The second-order valence-electron chi connectivity index (χ2n) is 4.20. The number of benzene rings is 1. The van der Waals surface area contributed by atoms with Gasteiger partial charge in [0.2, 0.25) is 0 Å². The van der Waals surface area contributed by atoms with Crippen LogP contribution in [-0.4, -0.2) is 27.9 Å². The van der Waals surface area contributed by atoms with Gasteiger partial charge in [0.1, 0.15) is 9.90 Å². The predicted molar refractivity (Wildman–Crippen MR) is 79.4 cm³/mol. The van der Waals surface area contributed by atoms with E-state index in [2.05, 4.69) is 0 Å². The number of nitrogen functional groups attached to an aromatic ring is 1. The number of hydrogen-bond donors (Lipinski definition) is 4. The summed E-state index contributed by atoms with van der Waals surface area (Å²) in [5.41, 5.74) is 5.45. The van der Waals surface area contributed by atoms with E-state index in [9.17, 15) is 19.4 Å². The van der Waals surface area contributed by atoms with Crippen molar-refractivity contribution in [1.29, 1.82) is 0 Å². The van der Waals surface area contributed by atoms with Crippen LogP contribution < -0.4 is 10.5 Å². The molecule has 2 rings (SSSR count). The number of carbonyl (C=O) groups is 1. The van der Waals surface area contributed by atoms with Crippen LogP contribution in [0.2, 0.25) is 5.02 Å². The van der Waals surface area contributed by atoms with Crippen molar-refractivity contribution in [3.63, 3.8) is 0 Å². The molecule has 6 nitrogen and oxygen atoms in total. The van der Waals surface area contributed by atoms with Crippen LogP contribution in [-0.2, 0) is 4.79 Å². The highest BCUT2D eigenvalue weighted by Gasteiger charge is 2.25. The second kappa shape index (κ2) is 6.49. The van der Waals surface area contributed by atoms with Crippen molar-refractivity contribution in [2.75, 3.05) is 12.3 Å². The molecule has 0 atom stereocenters. The smallest absolute Gasteiger partial charge is 0.341 e. The van der Waals surface area contributed by atoms with Gasteiger partial charge in [0.05, 0.1) is 10.6 Å². The lowest BCUT2D eigenvalue weighted by atomic mass is 10.1. The lowest BCUT2D eigenvalue weighted by Crippen LogP contribution is -2.10. The van der Waals surface area contributed by atoms with Gasteiger partial charge >= 0.3 is 5.97 Å². The van der Waals surface area contributed by atoms with Gasteiger partial charge in [-0.1, -0.05) is 23.7 Å². The van der Waals surface area contributed by atoms with Gasteiger partial charge in [0.25, 0.3) is 0 Å². The molecule has 1 aromatic carbocycles. The van der Waals surface area contributed by atoms with E-state index in [1.165, 1.54) is 18.2 Å². The number of carboxylic acid groups (broad SMARTS) is 1. The number of aliphatic hydroxyl groups is 2. The van der Waals surface area contributed by atoms with Crippen LogP contribution in [0.15, 0.2) is 18.2 Å². The zero-order chi connectivity index (χ0) is 16.4. The minimum Gasteiger partial charge on any atom is -0.479 e. The average molecular weight is 348 g/mol. The summed E-state index contributed by atoms with van der Waals surface area (Å²) in [5, 5.41) is 27.2. The fourth-order valence-corrected chi connectivity index (χ4v) is 3.21. The van der Waals surface area contributed by atoms with E-state index in [0.29, 0.717) is 0 Å². The highest BCUT2D eigenvalue weighted by Crippen LogP contribution is 2.48. The molecule has 2 aromatic rings. The van der Waals surface area contributed by atoms with Crippen LogP contribution in [0.3, 0.4) is 0 Å². The monoisotopic (exact) mass is 347 g/mol. The van der Waals surface area contributed by atoms with Crippen LogP contribution >= 0.6 is 22.9 Å². The molecule has 9 heteroatoms. The van der Waals surface area contributed by atoms with E-state index >= 15 is 0 Å². The third-order valence-corrected chi connectivity index (χ3v) is 4.40. The number of thiophene rings is 1. The third-order valence-electron chi connectivity index (χ3n) is 2.68. The van der Waals surface area contributed by atoms with Crippen LogP contribution in [0.5, 0.6) is 5.75 Å².